The fourth-order valence-electron chi connectivity index (χ4n) is 3.10. The Morgan fingerprint density at radius 1 is 0.667 bits per heavy atom. The van der Waals surface area contributed by atoms with Crippen LogP contribution in [0.25, 0.3) is 0 Å². The number of hydrogen-bond acceptors (Lipinski definition) is 2. The summed E-state index contributed by atoms with van der Waals surface area (Å²) in [5, 5.41) is 0.367. The Hall–Kier alpha value is -1.28. The van der Waals surface area contributed by atoms with Gasteiger partial charge in [-0.2, -0.15) is 49.9 Å². The first kappa shape index (κ1) is 28.0. The van der Waals surface area contributed by atoms with Gasteiger partial charge >= 0.3 is 12.4 Å². The first-order valence-corrected chi connectivity index (χ1v) is 13.0. The summed E-state index contributed by atoms with van der Waals surface area (Å²) >= 11 is 3.45. The molecule has 8 heteroatoms. The third kappa shape index (κ3) is 10.7. The van der Waals surface area contributed by atoms with Crippen molar-refractivity contribution < 1.29 is 26.3 Å². The molecule has 0 aliphatic carbocycles. The van der Waals surface area contributed by atoms with E-state index in [1.54, 1.807) is 23.5 Å². The molecule has 2 aromatic rings. The van der Waals surface area contributed by atoms with Crippen LogP contribution in [0.15, 0.2) is 48.5 Å². The van der Waals surface area contributed by atoms with Gasteiger partial charge in [0.1, 0.15) is 0 Å². The topological polar surface area (TPSA) is 0 Å². The summed E-state index contributed by atoms with van der Waals surface area (Å²) in [5.74, 6) is 2.17. The molecule has 0 aromatic heterocycles. The molecule has 0 saturated carbocycles. The van der Waals surface area contributed by atoms with E-state index in [0.29, 0.717) is 16.8 Å². The van der Waals surface area contributed by atoms with Gasteiger partial charge in [-0.15, -0.1) is 0 Å². The molecule has 2 rings (SSSR count). The largest absolute Gasteiger partial charge is 0.416 e. The van der Waals surface area contributed by atoms with Crippen molar-refractivity contribution in [3.8, 4) is 0 Å². The molecule has 0 N–H and O–H groups in total. The SMILES string of the molecule is CC(C)(C)CC[C@H](CCSCc1ccc(C(F)(F)F)cc1)SCc1ccc(C(F)(F)F)cc1. The molecular formula is C25H30F6S2. The Kier molecular flexibility index (Phi) is 10.1. The van der Waals surface area contributed by atoms with Gasteiger partial charge < -0.3 is 0 Å². The molecule has 0 fully saturated rings. The number of alkyl halides is 6. The number of rotatable bonds is 10. The number of benzene rings is 2. The van der Waals surface area contributed by atoms with Crippen molar-refractivity contribution in [3.63, 3.8) is 0 Å². The first-order chi connectivity index (χ1) is 15.2. The zero-order valence-electron chi connectivity index (χ0n) is 19.0. The molecule has 0 heterocycles. The molecule has 0 aliphatic rings. The summed E-state index contributed by atoms with van der Waals surface area (Å²) in [7, 11) is 0. The highest BCUT2D eigenvalue weighted by Crippen LogP contribution is 2.33. The lowest BCUT2D eigenvalue weighted by molar-refractivity contribution is -0.138. The van der Waals surface area contributed by atoms with Crippen LogP contribution in [0.4, 0.5) is 26.3 Å². The lowest BCUT2D eigenvalue weighted by Crippen LogP contribution is -2.12. The van der Waals surface area contributed by atoms with Crippen LogP contribution in [0.5, 0.6) is 0 Å². The van der Waals surface area contributed by atoms with Crippen LogP contribution in [-0.4, -0.2) is 11.0 Å². The maximum absolute atomic E-state index is 12.8. The molecule has 184 valence electrons. The van der Waals surface area contributed by atoms with E-state index in [0.717, 1.165) is 60.4 Å². The van der Waals surface area contributed by atoms with Crippen LogP contribution >= 0.6 is 23.5 Å². The van der Waals surface area contributed by atoms with E-state index < -0.39 is 23.5 Å². The van der Waals surface area contributed by atoms with Gasteiger partial charge in [0, 0.05) is 16.8 Å². The van der Waals surface area contributed by atoms with Gasteiger partial charge in [-0.3, -0.25) is 0 Å². The fraction of sp³-hybridized carbons (Fsp3) is 0.520. The minimum atomic E-state index is -4.33. The van der Waals surface area contributed by atoms with Crippen molar-refractivity contribution in [2.45, 2.75) is 69.1 Å². The smallest absolute Gasteiger partial charge is 0.166 e. The average molecular weight is 509 g/mol. The van der Waals surface area contributed by atoms with Crippen molar-refractivity contribution in [2.75, 3.05) is 5.75 Å². The van der Waals surface area contributed by atoms with Gasteiger partial charge in [-0.1, -0.05) is 45.0 Å². The summed E-state index contributed by atoms with van der Waals surface area (Å²) in [4.78, 5) is 0. The second-order valence-corrected chi connectivity index (χ2v) is 11.7. The van der Waals surface area contributed by atoms with Gasteiger partial charge in [-0.25, -0.2) is 0 Å². The molecule has 0 saturated heterocycles. The fourth-order valence-corrected chi connectivity index (χ4v) is 5.47. The molecule has 2 aromatic carbocycles. The quantitative estimate of drug-likeness (QED) is 0.232. The molecule has 0 aliphatic heterocycles. The van der Waals surface area contributed by atoms with E-state index in [-0.39, 0.29) is 5.41 Å². The highest BCUT2D eigenvalue weighted by Gasteiger charge is 2.30. The van der Waals surface area contributed by atoms with Crippen molar-refractivity contribution in [1.82, 2.24) is 0 Å². The Bertz CT molecular complexity index is 834. The van der Waals surface area contributed by atoms with E-state index in [4.69, 9.17) is 0 Å². The molecule has 0 spiro atoms. The summed E-state index contributed by atoms with van der Waals surface area (Å²) in [6.07, 6.45) is -5.66. The first-order valence-electron chi connectivity index (χ1n) is 10.8. The van der Waals surface area contributed by atoms with Crippen LogP contribution in [0.2, 0.25) is 0 Å². The van der Waals surface area contributed by atoms with Gasteiger partial charge in [-0.05, 0) is 65.8 Å². The van der Waals surface area contributed by atoms with E-state index >= 15 is 0 Å². The number of hydrogen-bond donors (Lipinski definition) is 0. The predicted octanol–water partition coefficient (Wildman–Crippen LogP) is 9.48. The molecule has 1 atom stereocenters. The zero-order valence-corrected chi connectivity index (χ0v) is 20.7. The van der Waals surface area contributed by atoms with Gasteiger partial charge in [0.15, 0.2) is 0 Å². The van der Waals surface area contributed by atoms with Crippen LogP contribution in [0, 0.1) is 5.41 Å². The average Bonchev–Trinajstić information content (AvgIpc) is 2.71. The minimum Gasteiger partial charge on any atom is -0.166 e. The Balaban J connectivity index is 1.86. The highest BCUT2D eigenvalue weighted by molar-refractivity contribution is 7.99. The van der Waals surface area contributed by atoms with Crippen LogP contribution in [-0.2, 0) is 23.9 Å². The third-order valence-electron chi connectivity index (χ3n) is 5.12. The molecule has 0 radical (unpaired) electrons. The minimum absolute atomic E-state index is 0.195. The van der Waals surface area contributed by atoms with E-state index in [9.17, 15) is 26.3 Å². The maximum atomic E-state index is 12.8. The van der Waals surface area contributed by atoms with E-state index in [1.807, 2.05) is 0 Å². The normalized spacial score (nSPS) is 13.8. The highest BCUT2D eigenvalue weighted by atomic mass is 32.2. The molecule has 0 nitrogen and oxygen atoms in total. The molecule has 0 amide bonds. The molecule has 0 bridgehead atoms. The maximum Gasteiger partial charge on any atom is 0.416 e. The van der Waals surface area contributed by atoms with E-state index in [2.05, 4.69) is 20.8 Å². The second kappa shape index (κ2) is 11.9. The van der Waals surface area contributed by atoms with Crippen molar-refractivity contribution in [3.05, 3.63) is 70.8 Å². The predicted molar refractivity (Wildman–Crippen MR) is 127 cm³/mol. The molecule has 33 heavy (non-hydrogen) atoms. The Labute approximate surface area is 200 Å². The second-order valence-electron chi connectivity index (χ2n) is 9.26. The lowest BCUT2D eigenvalue weighted by Gasteiger charge is -2.23. The Morgan fingerprint density at radius 3 is 1.55 bits per heavy atom. The molecular weight excluding hydrogens is 478 g/mol. The van der Waals surface area contributed by atoms with Crippen LogP contribution in [0.1, 0.15) is 62.3 Å². The third-order valence-corrected chi connectivity index (χ3v) is 7.62. The monoisotopic (exact) mass is 508 g/mol. The number of halogens is 6. The van der Waals surface area contributed by atoms with Crippen molar-refractivity contribution in [1.29, 1.82) is 0 Å². The Morgan fingerprint density at radius 2 is 1.12 bits per heavy atom. The number of thioether (sulfide) groups is 2. The summed E-state index contributed by atoms with van der Waals surface area (Å²) in [5.41, 5.74) is 0.641. The van der Waals surface area contributed by atoms with Crippen LogP contribution in [0.3, 0.4) is 0 Å². The van der Waals surface area contributed by atoms with Crippen molar-refractivity contribution >= 4 is 23.5 Å². The van der Waals surface area contributed by atoms with Gasteiger partial charge in [0.25, 0.3) is 0 Å². The summed E-state index contributed by atoms with van der Waals surface area (Å²) in [6.45, 7) is 6.55. The summed E-state index contributed by atoms with van der Waals surface area (Å²) < 4.78 is 76.3. The van der Waals surface area contributed by atoms with E-state index in [1.165, 1.54) is 24.3 Å². The zero-order chi connectivity index (χ0) is 24.7. The standard InChI is InChI=1S/C25H30F6S2/c1-23(2,3)14-12-22(33-17-19-6-10-21(11-7-19)25(29,30)31)13-15-32-16-18-4-8-20(9-5-18)24(26,27)28/h4-11,22H,12-17H2,1-3H3/t22-/m1/s1. The van der Waals surface area contributed by atoms with Crippen molar-refractivity contribution in [2.24, 2.45) is 5.41 Å². The lowest BCUT2D eigenvalue weighted by atomic mass is 9.89. The van der Waals surface area contributed by atoms with Gasteiger partial charge in [0.05, 0.1) is 11.1 Å². The van der Waals surface area contributed by atoms with Crippen LogP contribution < -0.4 is 0 Å². The van der Waals surface area contributed by atoms with Gasteiger partial charge in [0.2, 0.25) is 0 Å². The summed E-state index contributed by atoms with van der Waals surface area (Å²) in [6, 6.07) is 10.6. The molecule has 0 unspecified atom stereocenters.